The van der Waals surface area contributed by atoms with Gasteiger partial charge in [-0.2, -0.15) is 5.01 Å². The van der Waals surface area contributed by atoms with Crippen LogP contribution >= 0.6 is 0 Å². The Kier molecular flexibility index (Phi) is 5.90. The summed E-state index contributed by atoms with van der Waals surface area (Å²) in [5.41, 5.74) is 1.24. The minimum absolute atomic E-state index is 0.118. The highest BCUT2D eigenvalue weighted by atomic mass is 16.5. The Morgan fingerprint density at radius 3 is 2.69 bits per heavy atom. The van der Waals surface area contributed by atoms with Crippen molar-refractivity contribution in [2.24, 2.45) is 5.92 Å². The van der Waals surface area contributed by atoms with Crippen LogP contribution in [0.15, 0.2) is 22.8 Å². The topological polar surface area (TPSA) is 138 Å². The predicted molar refractivity (Wildman–Crippen MR) is 108 cm³/mol. The molecule has 0 aromatic carbocycles. The Labute approximate surface area is 184 Å². The van der Waals surface area contributed by atoms with E-state index >= 15 is 0 Å². The van der Waals surface area contributed by atoms with Gasteiger partial charge >= 0.3 is 12.0 Å². The lowest BCUT2D eigenvalue weighted by atomic mass is 9.77. The highest BCUT2D eigenvalue weighted by Crippen LogP contribution is 2.35. The Hall–Kier alpha value is -3.37. The van der Waals surface area contributed by atoms with E-state index in [1.807, 2.05) is 0 Å². The van der Waals surface area contributed by atoms with Gasteiger partial charge in [-0.15, -0.1) is 0 Å². The maximum Gasteiger partial charge on any atom is 0.344 e. The molecule has 1 aromatic rings. The summed E-state index contributed by atoms with van der Waals surface area (Å²) in [7, 11) is 0. The van der Waals surface area contributed by atoms with E-state index in [9.17, 15) is 24.0 Å². The summed E-state index contributed by atoms with van der Waals surface area (Å²) in [5.74, 6) is -1.88. The molecule has 2 saturated heterocycles. The molecule has 5 amide bonds. The lowest BCUT2D eigenvalue weighted by Gasteiger charge is -2.33. The predicted octanol–water partition coefficient (Wildman–Crippen LogP) is 0.959. The number of hydrogen-bond donors (Lipinski definition) is 2. The van der Waals surface area contributed by atoms with Gasteiger partial charge in [0.15, 0.2) is 12.4 Å². The van der Waals surface area contributed by atoms with Crippen LogP contribution < -0.4 is 10.7 Å². The van der Waals surface area contributed by atoms with Gasteiger partial charge in [-0.3, -0.25) is 19.8 Å². The number of nitrogens with zero attached hydrogens (tertiary/aromatic N) is 2. The largest absolute Gasteiger partial charge is 0.459 e. The van der Waals surface area contributed by atoms with E-state index in [4.69, 9.17) is 9.15 Å². The van der Waals surface area contributed by atoms with Crippen LogP contribution in [-0.2, 0) is 19.1 Å². The molecule has 0 radical (unpaired) electrons. The first-order chi connectivity index (χ1) is 15.3. The van der Waals surface area contributed by atoms with E-state index in [1.165, 1.54) is 17.2 Å². The summed E-state index contributed by atoms with van der Waals surface area (Å²) in [5, 5.41) is 3.36. The van der Waals surface area contributed by atoms with Gasteiger partial charge in [0.25, 0.3) is 17.7 Å². The van der Waals surface area contributed by atoms with E-state index in [1.54, 1.807) is 6.07 Å². The van der Waals surface area contributed by atoms with Crippen molar-refractivity contribution in [1.82, 2.24) is 20.7 Å². The standard InChI is InChI=1S/C21H26N4O7/c1-13-6-8-21(9-7-13)19(29)25(20(30)22-21)23-16(26)12-32-18(28)14-4-2-10-24(14)17(27)15-5-3-11-31-15/h3,5,11,13-14H,2,4,6-10,12H2,1H3,(H,22,30)(H,23,26)/t13?,14-,21?/m0/s1. The average Bonchev–Trinajstić information content (AvgIpc) is 3.52. The van der Waals surface area contributed by atoms with Crippen molar-refractivity contribution in [2.75, 3.05) is 13.2 Å². The van der Waals surface area contributed by atoms with Crippen LogP contribution in [0, 0.1) is 5.92 Å². The Morgan fingerprint density at radius 2 is 2.00 bits per heavy atom. The number of amides is 5. The summed E-state index contributed by atoms with van der Waals surface area (Å²) >= 11 is 0. The molecule has 0 unspecified atom stereocenters. The lowest BCUT2D eigenvalue weighted by molar-refractivity contribution is -0.153. The normalized spacial score (nSPS) is 27.5. The number of rotatable bonds is 5. The molecule has 1 aromatic heterocycles. The fourth-order valence-electron chi connectivity index (χ4n) is 4.50. The molecule has 172 valence electrons. The zero-order valence-corrected chi connectivity index (χ0v) is 17.8. The molecule has 1 spiro atoms. The fourth-order valence-corrected chi connectivity index (χ4v) is 4.50. The van der Waals surface area contributed by atoms with Gasteiger partial charge in [-0.25, -0.2) is 9.59 Å². The summed E-state index contributed by atoms with van der Waals surface area (Å²) in [6, 6.07) is 1.56. The van der Waals surface area contributed by atoms with E-state index in [-0.39, 0.29) is 5.76 Å². The van der Waals surface area contributed by atoms with Crippen molar-refractivity contribution >= 4 is 29.7 Å². The number of hydrazine groups is 1. The molecule has 4 rings (SSSR count). The van der Waals surface area contributed by atoms with Crippen molar-refractivity contribution in [2.45, 2.75) is 57.0 Å². The molecule has 0 bridgehead atoms. The number of furan rings is 1. The highest BCUT2D eigenvalue weighted by Gasteiger charge is 2.53. The van der Waals surface area contributed by atoms with Crippen molar-refractivity contribution < 1.29 is 33.1 Å². The third kappa shape index (κ3) is 4.06. The Balaban J connectivity index is 1.30. The number of esters is 1. The van der Waals surface area contributed by atoms with Gasteiger partial charge in [-0.1, -0.05) is 6.92 Å². The SMILES string of the molecule is CC1CCC2(CC1)NC(=O)N(NC(=O)COC(=O)[C@@H]1CCCN1C(=O)c1ccco1)C2=O. The van der Waals surface area contributed by atoms with Crippen LogP contribution in [0.25, 0.3) is 0 Å². The van der Waals surface area contributed by atoms with Gasteiger partial charge in [0, 0.05) is 6.54 Å². The van der Waals surface area contributed by atoms with Crippen LogP contribution in [-0.4, -0.2) is 64.4 Å². The number of ether oxygens (including phenoxy) is 1. The number of hydrogen-bond acceptors (Lipinski definition) is 7. The summed E-state index contributed by atoms with van der Waals surface area (Å²) in [6.45, 7) is 1.78. The van der Waals surface area contributed by atoms with Gasteiger partial charge in [0.2, 0.25) is 0 Å². The van der Waals surface area contributed by atoms with Crippen molar-refractivity contribution in [3.8, 4) is 0 Å². The van der Waals surface area contributed by atoms with Gasteiger partial charge in [0.1, 0.15) is 11.6 Å². The molecule has 11 nitrogen and oxygen atoms in total. The van der Waals surface area contributed by atoms with Crippen molar-refractivity contribution in [3.05, 3.63) is 24.2 Å². The molecule has 1 saturated carbocycles. The van der Waals surface area contributed by atoms with Crippen LogP contribution in [0.2, 0.25) is 0 Å². The zero-order valence-electron chi connectivity index (χ0n) is 17.8. The number of imide groups is 1. The molecule has 3 heterocycles. The summed E-state index contributed by atoms with van der Waals surface area (Å²) in [4.78, 5) is 63.7. The molecular weight excluding hydrogens is 420 g/mol. The second kappa shape index (κ2) is 8.64. The molecule has 2 aliphatic heterocycles. The maximum atomic E-state index is 12.8. The second-order valence-electron chi connectivity index (χ2n) is 8.61. The van der Waals surface area contributed by atoms with E-state index in [0.29, 0.717) is 43.2 Å². The molecule has 11 heteroatoms. The van der Waals surface area contributed by atoms with Crippen LogP contribution in [0.1, 0.15) is 56.0 Å². The molecule has 32 heavy (non-hydrogen) atoms. The summed E-state index contributed by atoms with van der Waals surface area (Å²) < 4.78 is 10.2. The molecular formula is C21H26N4O7. The first-order valence-corrected chi connectivity index (χ1v) is 10.8. The van der Waals surface area contributed by atoms with Crippen LogP contribution in [0.5, 0.6) is 0 Å². The van der Waals surface area contributed by atoms with Crippen molar-refractivity contribution in [1.29, 1.82) is 0 Å². The van der Waals surface area contributed by atoms with Crippen LogP contribution in [0.4, 0.5) is 4.79 Å². The smallest absolute Gasteiger partial charge is 0.344 e. The maximum absolute atomic E-state index is 12.8. The number of carbonyl (C=O) groups is 5. The summed E-state index contributed by atoms with van der Waals surface area (Å²) in [6.07, 6.45) is 5.03. The van der Waals surface area contributed by atoms with Gasteiger partial charge < -0.3 is 19.4 Å². The van der Waals surface area contributed by atoms with Crippen molar-refractivity contribution in [3.63, 3.8) is 0 Å². The molecule has 3 aliphatic rings. The molecule has 1 aliphatic carbocycles. The number of likely N-dealkylation sites (tertiary alicyclic amines) is 1. The molecule has 2 N–H and O–H groups in total. The zero-order chi connectivity index (χ0) is 22.9. The average molecular weight is 446 g/mol. The quantitative estimate of drug-likeness (QED) is 0.507. The Morgan fingerprint density at radius 1 is 1.25 bits per heavy atom. The first-order valence-electron chi connectivity index (χ1n) is 10.8. The monoisotopic (exact) mass is 446 g/mol. The van der Waals surface area contributed by atoms with E-state index < -0.39 is 47.9 Å². The number of carbonyl (C=O) groups excluding carboxylic acids is 5. The number of urea groups is 1. The minimum Gasteiger partial charge on any atom is -0.459 e. The van der Waals surface area contributed by atoms with E-state index in [2.05, 4.69) is 17.7 Å². The Bertz CT molecular complexity index is 921. The molecule has 3 fully saturated rings. The number of nitrogens with one attached hydrogen (secondary N) is 2. The highest BCUT2D eigenvalue weighted by molar-refractivity contribution is 6.08. The fraction of sp³-hybridized carbons (Fsp3) is 0.571. The second-order valence-corrected chi connectivity index (χ2v) is 8.61. The van der Waals surface area contributed by atoms with Gasteiger partial charge in [-0.05, 0) is 56.6 Å². The third-order valence-electron chi connectivity index (χ3n) is 6.39. The lowest BCUT2D eigenvalue weighted by Crippen LogP contribution is -2.52. The van der Waals surface area contributed by atoms with Gasteiger partial charge in [0.05, 0.1) is 6.26 Å². The van der Waals surface area contributed by atoms with Crippen LogP contribution in [0.3, 0.4) is 0 Å². The first kappa shape index (κ1) is 21.8. The van der Waals surface area contributed by atoms with E-state index in [0.717, 1.165) is 12.8 Å². The minimum atomic E-state index is -0.982. The third-order valence-corrected chi connectivity index (χ3v) is 6.39. The molecule has 1 atom stereocenters.